The Bertz CT molecular complexity index is 270. The number of carbonyl (C=O) groups is 1. The van der Waals surface area contributed by atoms with Gasteiger partial charge >= 0.3 is 0 Å². The van der Waals surface area contributed by atoms with E-state index >= 15 is 0 Å². The van der Waals surface area contributed by atoms with Crippen LogP contribution < -0.4 is 11.1 Å². The number of carbonyl (C=O) groups excluding carboxylic acids is 1. The predicted octanol–water partition coefficient (Wildman–Crippen LogP) is 1.49. The fraction of sp³-hybridized carbons (Fsp3) is 0.929. The van der Waals surface area contributed by atoms with E-state index in [1.165, 1.54) is 6.42 Å². The summed E-state index contributed by atoms with van der Waals surface area (Å²) in [6.07, 6.45) is 4.47. The average molecular weight is 255 g/mol. The lowest BCUT2D eigenvalue weighted by atomic mass is 9.94. The molecule has 1 amide bonds. The van der Waals surface area contributed by atoms with Crippen LogP contribution in [0.15, 0.2) is 0 Å². The molecule has 1 heterocycles. The Morgan fingerprint density at radius 2 is 2.11 bits per heavy atom. The number of piperidine rings is 1. The van der Waals surface area contributed by atoms with Crippen molar-refractivity contribution in [2.45, 2.75) is 77.5 Å². The van der Waals surface area contributed by atoms with Crippen LogP contribution in [-0.2, 0) is 4.79 Å². The zero-order valence-corrected chi connectivity index (χ0v) is 12.3. The van der Waals surface area contributed by atoms with Gasteiger partial charge in [0.1, 0.15) is 0 Å². The summed E-state index contributed by atoms with van der Waals surface area (Å²) >= 11 is 0. The van der Waals surface area contributed by atoms with Crippen LogP contribution in [-0.4, -0.2) is 41.5 Å². The van der Waals surface area contributed by atoms with Crippen LogP contribution in [0.1, 0.15) is 53.4 Å². The van der Waals surface area contributed by atoms with Crippen molar-refractivity contribution in [1.82, 2.24) is 10.2 Å². The number of nitrogens with zero attached hydrogens (tertiary/aromatic N) is 1. The average Bonchev–Trinajstić information content (AvgIpc) is 2.37. The van der Waals surface area contributed by atoms with Crippen molar-refractivity contribution in [2.24, 2.45) is 5.73 Å². The van der Waals surface area contributed by atoms with Crippen molar-refractivity contribution in [1.29, 1.82) is 0 Å². The molecular formula is C14H29N3O. The summed E-state index contributed by atoms with van der Waals surface area (Å²) in [4.78, 5) is 14.5. The Balaban J connectivity index is 2.66. The highest BCUT2D eigenvalue weighted by Crippen LogP contribution is 2.24. The molecule has 4 heteroatoms. The molecule has 0 aromatic heterocycles. The third-order valence-corrected chi connectivity index (χ3v) is 4.19. The Hall–Kier alpha value is -0.610. The molecule has 1 aliphatic heterocycles. The largest absolute Gasteiger partial charge is 0.352 e. The van der Waals surface area contributed by atoms with Gasteiger partial charge in [0.2, 0.25) is 5.91 Å². The maximum atomic E-state index is 12.2. The minimum atomic E-state index is -0.0807. The van der Waals surface area contributed by atoms with Gasteiger partial charge in [-0.3, -0.25) is 9.69 Å². The number of nitrogens with two attached hydrogens (primary N) is 1. The SMILES string of the molecule is CCC(C)NC(=O)C(C)N1C(C)CCCC1CN. The number of likely N-dealkylation sites (tertiary alicyclic amines) is 1. The number of hydrogen-bond donors (Lipinski definition) is 2. The maximum Gasteiger partial charge on any atom is 0.237 e. The van der Waals surface area contributed by atoms with E-state index in [-0.39, 0.29) is 18.0 Å². The molecule has 1 aliphatic rings. The van der Waals surface area contributed by atoms with Crippen LogP contribution in [0, 0.1) is 0 Å². The topological polar surface area (TPSA) is 58.4 Å². The van der Waals surface area contributed by atoms with Crippen molar-refractivity contribution >= 4 is 5.91 Å². The maximum absolute atomic E-state index is 12.2. The Labute approximate surface area is 111 Å². The first-order valence-corrected chi connectivity index (χ1v) is 7.29. The molecular weight excluding hydrogens is 226 g/mol. The van der Waals surface area contributed by atoms with Crippen LogP contribution >= 0.6 is 0 Å². The van der Waals surface area contributed by atoms with Gasteiger partial charge in [0.05, 0.1) is 6.04 Å². The van der Waals surface area contributed by atoms with E-state index in [0.29, 0.717) is 18.6 Å². The van der Waals surface area contributed by atoms with Crippen LogP contribution in [0.5, 0.6) is 0 Å². The summed E-state index contributed by atoms with van der Waals surface area (Å²) in [6, 6.07) is 0.968. The standard InChI is InChI=1S/C14H29N3O/c1-5-10(2)16-14(18)12(4)17-11(3)7-6-8-13(17)9-15/h10-13H,5-9,15H2,1-4H3,(H,16,18). The predicted molar refractivity (Wildman–Crippen MR) is 75.4 cm³/mol. The highest BCUT2D eigenvalue weighted by atomic mass is 16.2. The van der Waals surface area contributed by atoms with Crippen LogP contribution in [0.25, 0.3) is 0 Å². The minimum Gasteiger partial charge on any atom is -0.352 e. The number of amides is 1. The summed E-state index contributed by atoms with van der Waals surface area (Å²) in [5.74, 6) is 0.136. The molecule has 106 valence electrons. The summed E-state index contributed by atoms with van der Waals surface area (Å²) in [5, 5.41) is 3.07. The summed E-state index contributed by atoms with van der Waals surface area (Å²) in [6.45, 7) is 8.98. The molecule has 0 bridgehead atoms. The first kappa shape index (κ1) is 15.4. The highest BCUT2D eigenvalue weighted by Gasteiger charge is 2.33. The molecule has 0 aromatic carbocycles. The summed E-state index contributed by atoms with van der Waals surface area (Å²) < 4.78 is 0. The minimum absolute atomic E-state index is 0.0807. The van der Waals surface area contributed by atoms with E-state index < -0.39 is 0 Å². The van der Waals surface area contributed by atoms with E-state index in [4.69, 9.17) is 5.73 Å². The summed E-state index contributed by atoms with van der Waals surface area (Å²) in [7, 11) is 0. The van der Waals surface area contributed by atoms with Gasteiger partial charge in [-0.2, -0.15) is 0 Å². The Kier molecular flexibility index (Phi) is 6.09. The molecule has 1 rings (SSSR count). The van der Waals surface area contributed by atoms with E-state index in [2.05, 4.69) is 24.1 Å². The molecule has 1 fully saturated rings. The van der Waals surface area contributed by atoms with E-state index in [9.17, 15) is 4.79 Å². The fourth-order valence-corrected chi connectivity index (χ4v) is 2.85. The van der Waals surface area contributed by atoms with Gasteiger partial charge in [-0.1, -0.05) is 13.3 Å². The highest BCUT2D eigenvalue weighted by molar-refractivity contribution is 5.81. The van der Waals surface area contributed by atoms with Crippen molar-refractivity contribution < 1.29 is 4.79 Å². The fourth-order valence-electron chi connectivity index (χ4n) is 2.85. The van der Waals surface area contributed by atoms with Crippen LogP contribution in [0.2, 0.25) is 0 Å². The quantitative estimate of drug-likeness (QED) is 0.782. The first-order valence-electron chi connectivity index (χ1n) is 7.29. The number of rotatable bonds is 5. The van der Waals surface area contributed by atoms with Crippen molar-refractivity contribution in [2.75, 3.05) is 6.54 Å². The molecule has 1 saturated heterocycles. The number of hydrogen-bond acceptors (Lipinski definition) is 3. The van der Waals surface area contributed by atoms with Crippen molar-refractivity contribution in [3.63, 3.8) is 0 Å². The monoisotopic (exact) mass is 255 g/mol. The molecule has 0 aromatic rings. The third kappa shape index (κ3) is 3.69. The zero-order valence-electron chi connectivity index (χ0n) is 12.3. The zero-order chi connectivity index (χ0) is 13.7. The first-order chi connectivity index (χ1) is 8.51. The van der Waals surface area contributed by atoms with E-state index in [1.54, 1.807) is 0 Å². The second-order valence-electron chi connectivity index (χ2n) is 5.61. The third-order valence-electron chi connectivity index (χ3n) is 4.19. The van der Waals surface area contributed by atoms with E-state index in [1.807, 2.05) is 13.8 Å². The molecule has 4 nitrogen and oxygen atoms in total. The lowest BCUT2D eigenvalue weighted by molar-refractivity contribution is -0.129. The molecule has 3 N–H and O–H groups in total. The van der Waals surface area contributed by atoms with Gasteiger partial charge in [-0.25, -0.2) is 0 Å². The number of nitrogens with one attached hydrogen (secondary N) is 1. The van der Waals surface area contributed by atoms with Crippen LogP contribution in [0.4, 0.5) is 0 Å². The molecule has 4 unspecified atom stereocenters. The normalized spacial score (nSPS) is 28.7. The molecule has 0 radical (unpaired) electrons. The lowest BCUT2D eigenvalue weighted by Gasteiger charge is -2.43. The van der Waals surface area contributed by atoms with Crippen molar-refractivity contribution in [3.8, 4) is 0 Å². The molecule has 0 spiro atoms. The van der Waals surface area contributed by atoms with Gasteiger partial charge in [-0.15, -0.1) is 0 Å². The van der Waals surface area contributed by atoms with Gasteiger partial charge in [0, 0.05) is 24.7 Å². The molecule has 4 atom stereocenters. The summed E-state index contributed by atoms with van der Waals surface area (Å²) in [5.41, 5.74) is 5.85. The molecule has 18 heavy (non-hydrogen) atoms. The van der Waals surface area contributed by atoms with Gasteiger partial charge in [0.15, 0.2) is 0 Å². The Morgan fingerprint density at radius 3 is 2.67 bits per heavy atom. The Morgan fingerprint density at radius 1 is 1.44 bits per heavy atom. The second kappa shape index (κ2) is 7.10. The van der Waals surface area contributed by atoms with Gasteiger partial charge in [0.25, 0.3) is 0 Å². The molecule has 0 aliphatic carbocycles. The smallest absolute Gasteiger partial charge is 0.237 e. The second-order valence-corrected chi connectivity index (χ2v) is 5.61. The van der Waals surface area contributed by atoms with E-state index in [0.717, 1.165) is 19.3 Å². The molecule has 0 saturated carbocycles. The van der Waals surface area contributed by atoms with Gasteiger partial charge < -0.3 is 11.1 Å². The van der Waals surface area contributed by atoms with Crippen LogP contribution in [0.3, 0.4) is 0 Å². The van der Waals surface area contributed by atoms with Gasteiger partial charge in [-0.05, 0) is 40.0 Å². The lowest BCUT2D eigenvalue weighted by Crippen LogP contribution is -2.58. The van der Waals surface area contributed by atoms with Crippen molar-refractivity contribution in [3.05, 3.63) is 0 Å².